The quantitative estimate of drug-likeness (QED) is 0.619. The van der Waals surface area contributed by atoms with Gasteiger partial charge in [-0.1, -0.05) is 36.4 Å². The number of fused-ring (bicyclic) bond motifs is 1. The van der Waals surface area contributed by atoms with Crippen LogP contribution >= 0.6 is 0 Å². The van der Waals surface area contributed by atoms with Gasteiger partial charge in [-0.3, -0.25) is 4.79 Å². The Hall–Kier alpha value is -3.05. The summed E-state index contributed by atoms with van der Waals surface area (Å²) in [7, 11) is 5.31. The molecule has 0 fully saturated rings. The number of nitrogens with one attached hydrogen (secondary N) is 2. The first-order valence-corrected chi connectivity index (χ1v) is 9.84. The summed E-state index contributed by atoms with van der Waals surface area (Å²) in [6, 6.07) is 19.9. The molecule has 1 unspecified atom stereocenters. The van der Waals surface area contributed by atoms with Crippen molar-refractivity contribution in [2.24, 2.45) is 0 Å². The highest BCUT2D eigenvalue weighted by Gasteiger charge is 2.22. The van der Waals surface area contributed by atoms with Gasteiger partial charge in [0.1, 0.15) is 0 Å². The summed E-state index contributed by atoms with van der Waals surface area (Å²) in [5.41, 5.74) is 1.98. The Kier molecular flexibility index (Phi) is 6.73. The molecule has 3 rings (SSSR count). The van der Waals surface area contributed by atoms with Crippen LogP contribution in [0.5, 0.6) is 11.5 Å². The highest BCUT2D eigenvalue weighted by molar-refractivity contribution is 5.96. The number of benzene rings is 3. The first-order valence-electron chi connectivity index (χ1n) is 9.84. The maximum absolute atomic E-state index is 12.7. The predicted molar refractivity (Wildman–Crippen MR) is 117 cm³/mol. The molecule has 3 aromatic carbocycles. The Labute approximate surface area is 172 Å². The van der Waals surface area contributed by atoms with Gasteiger partial charge in [0.25, 0.3) is 5.91 Å². The van der Waals surface area contributed by atoms with Crippen molar-refractivity contribution in [1.29, 1.82) is 0 Å². The Balaban J connectivity index is 1.58. The molecule has 0 heterocycles. The molecule has 0 aromatic heterocycles. The third-order valence-electron chi connectivity index (χ3n) is 5.41. The van der Waals surface area contributed by atoms with Crippen LogP contribution in [-0.4, -0.2) is 39.8 Å². The highest BCUT2D eigenvalue weighted by atomic mass is 16.5. The van der Waals surface area contributed by atoms with E-state index in [2.05, 4.69) is 17.4 Å². The fourth-order valence-electron chi connectivity index (χ4n) is 3.34. The molecule has 29 heavy (non-hydrogen) atoms. The number of hydrogen-bond donors (Lipinski definition) is 2. The van der Waals surface area contributed by atoms with Crippen LogP contribution < -0.4 is 19.7 Å². The molecular formula is C24H29N2O3+. The maximum Gasteiger partial charge on any atom is 0.282 e. The number of carbonyl (C=O) groups is 1. The largest absolute Gasteiger partial charge is 0.493 e. The van der Waals surface area contributed by atoms with Crippen LogP contribution in [-0.2, 0) is 11.2 Å². The van der Waals surface area contributed by atoms with Gasteiger partial charge in [0.15, 0.2) is 17.5 Å². The van der Waals surface area contributed by atoms with Crippen molar-refractivity contribution >= 4 is 22.4 Å². The zero-order valence-corrected chi connectivity index (χ0v) is 17.5. The summed E-state index contributed by atoms with van der Waals surface area (Å²) in [5.74, 6) is 1.47. The minimum absolute atomic E-state index is 0.0186. The van der Waals surface area contributed by atoms with Crippen LogP contribution in [0.2, 0.25) is 0 Å². The minimum atomic E-state index is -0.165. The molecule has 0 spiro atoms. The van der Waals surface area contributed by atoms with E-state index in [9.17, 15) is 4.79 Å². The van der Waals surface area contributed by atoms with E-state index < -0.39 is 0 Å². The number of methoxy groups -OCH3 is 2. The molecule has 0 aliphatic rings. The molecule has 0 aliphatic heterocycles. The SMILES string of the molecule is COc1ccc(CC[NH+](C)[C@H](C)C(=O)Nc2ccc3ccccc3c2)cc1OC. The Morgan fingerprint density at radius 2 is 1.69 bits per heavy atom. The van der Waals surface area contributed by atoms with E-state index in [1.165, 1.54) is 0 Å². The lowest BCUT2D eigenvalue weighted by atomic mass is 10.1. The van der Waals surface area contributed by atoms with Gasteiger partial charge in [-0.05, 0) is 47.5 Å². The Bertz CT molecular complexity index is 987. The van der Waals surface area contributed by atoms with Gasteiger partial charge in [-0.15, -0.1) is 0 Å². The van der Waals surface area contributed by atoms with Gasteiger partial charge in [-0.25, -0.2) is 0 Å². The zero-order chi connectivity index (χ0) is 20.8. The van der Waals surface area contributed by atoms with Crippen molar-refractivity contribution in [3.05, 3.63) is 66.2 Å². The summed E-state index contributed by atoms with van der Waals surface area (Å²) in [6.07, 6.45) is 0.847. The summed E-state index contributed by atoms with van der Waals surface area (Å²) < 4.78 is 10.7. The van der Waals surface area contributed by atoms with Gasteiger partial charge in [0.2, 0.25) is 0 Å². The number of anilines is 1. The highest BCUT2D eigenvalue weighted by Crippen LogP contribution is 2.27. The van der Waals surface area contributed by atoms with E-state index >= 15 is 0 Å². The minimum Gasteiger partial charge on any atom is -0.493 e. The van der Waals surface area contributed by atoms with Crippen molar-refractivity contribution in [3.63, 3.8) is 0 Å². The van der Waals surface area contributed by atoms with Crippen LogP contribution in [0.3, 0.4) is 0 Å². The molecule has 2 atom stereocenters. The van der Waals surface area contributed by atoms with Crippen LogP contribution in [0.1, 0.15) is 12.5 Å². The molecule has 0 saturated carbocycles. The summed E-state index contributed by atoms with van der Waals surface area (Å²) in [4.78, 5) is 13.9. The lowest BCUT2D eigenvalue weighted by Gasteiger charge is -2.21. The average Bonchev–Trinajstić information content (AvgIpc) is 2.76. The third kappa shape index (κ3) is 5.06. The van der Waals surface area contributed by atoms with Crippen LogP contribution in [0.4, 0.5) is 5.69 Å². The second-order valence-electron chi connectivity index (χ2n) is 7.31. The molecule has 0 bridgehead atoms. The first kappa shape index (κ1) is 20.7. The first-order chi connectivity index (χ1) is 14.0. The van der Waals surface area contributed by atoms with Crippen molar-refractivity contribution in [2.45, 2.75) is 19.4 Å². The lowest BCUT2D eigenvalue weighted by Crippen LogP contribution is -3.14. The summed E-state index contributed by atoms with van der Waals surface area (Å²) in [6.45, 7) is 2.79. The summed E-state index contributed by atoms with van der Waals surface area (Å²) in [5, 5.41) is 5.33. The number of ether oxygens (including phenoxy) is 2. The fourth-order valence-corrected chi connectivity index (χ4v) is 3.34. The van der Waals surface area contributed by atoms with Crippen LogP contribution in [0.15, 0.2) is 60.7 Å². The van der Waals surface area contributed by atoms with E-state index in [0.29, 0.717) is 0 Å². The second kappa shape index (κ2) is 9.43. The van der Waals surface area contributed by atoms with Gasteiger partial charge in [-0.2, -0.15) is 0 Å². The molecule has 152 valence electrons. The van der Waals surface area contributed by atoms with E-state index in [4.69, 9.17) is 9.47 Å². The fraction of sp³-hybridized carbons (Fsp3) is 0.292. The maximum atomic E-state index is 12.7. The van der Waals surface area contributed by atoms with E-state index in [-0.39, 0.29) is 11.9 Å². The van der Waals surface area contributed by atoms with Crippen molar-refractivity contribution in [1.82, 2.24) is 0 Å². The molecule has 1 amide bonds. The van der Waals surface area contributed by atoms with Gasteiger partial charge < -0.3 is 19.7 Å². The van der Waals surface area contributed by atoms with Crippen molar-refractivity contribution in [3.8, 4) is 11.5 Å². The number of hydrogen-bond acceptors (Lipinski definition) is 3. The molecule has 0 radical (unpaired) electrons. The van der Waals surface area contributed by atoms with Crippen molar-refractivity contribution < 1.29 is 19.2 Å². The molecule has 5 nitrogen and oxygen atoms in total. The van der Waals surface area contributed by atoms with E-state index in [1.807, 2.05) is 62.5 Å². The third-order valence-corrected chi connectivity index (χ3v) is 5.41. The summed E-state index contributed by atoms with van der Waals surface area (Å²) >= 11 is 0. The molecular weight excluding hydrogens is 364 g/mol. The molecule has 3 aromatic rings. The van der Waals surface area contributed by atoms with Crippen LogP contribution in [0, 0.1) is 0 Å². The molecule has 2 N–H and O–H groups in total. The van der Waals surface area contributed by atoms with Crippen LogP contribution in [0.25, 0.3) is 10.8 Å². The number of carbonyl (C=O) groups excluding carboxylic acids is 1. The molecule has 0 saturated heterocycles. The smallest absolute Gasteiger partial charge is 0.282 e. The Morgan fingerprint density at radius 3 is 2.41 bits per heavy atom. The second-order valence-corrected chi connectivity index (χ2v) is 7.31. The predicted octanol–water partition coefficient (Wildman–Crippen LogP) is 2.94. The van der Waals surface area contributed by atoms with Gasteiger partial charge >= 0.3 is 0 Å². The monoisotopic (exact) mass is 393 g/mol. The van der Waals surface area contributed by atoms with E-state index in [1.54, 1.807) is 14.2 Å². The standard InChI is InChI=1S/C24H28N2O3/c1-17(24(27)25-21-11-10-19-7-5-6-8-20(19)16-21)26(2)14-13-18-9-12-22(28-3)23(15-18)29-4/h5-12,15-17H,13-14H2,1-4H3,(H,25,27)/p+1/t17-/m1/s1. The zero-order valence-electron chi connectivity index (χ0n) is 17.5. The number of amides is 1. The molecule has 5 heteroatoms. The normalized spacial score (nSPS) is 13.0. The lowest BCUT2D eigenvalue weighted by molar-refractivity contribution is -0.893. The molecule has 0 aliphatic carbocycles. The topological polar surface area (TPSA) is 52.0 Å². The van der Waals surface area contributed by atoms with Gasteiger partial charge in [0, 0.05) is 12.1 Å². The number of rotatable bonds is 8. The number of likely N-dealkylation sites (N-methyl/N-ethyl adjacent to an activating group) is 1. The Morgan fingerprint density at radius 1 is 0.966 bits per heavy atom. The van der Waals surface area contributed by atoms with Crippen molar-refractivity contribution in [2.75, 3.05) is 33.1 Å². The number of quaternary nitrogens is 1. The van der Waals surface area contributed by atoms with E-state index in [0.717, 1.165) is 51.4 Å². The average molecular weight is 394 g/mol. The van der Waals surface area contributed by atoms with Gasteiger partial charge in [0.05, 0.1) is 27.8 Å².